The lowest BCUT2D eigenvalue weighted by Gasteiger charge is -2.21. The van der Waals surface area contributed by atoms with Gasteiger partial charge in [0.15, 0.2) is 0 Å². The van der Waals surface area contributed by atoms with Gasteiger partial charge in [0.05, 0.1) is 4.91 Å². The molecular weight excluding hydrogens is 449 g/mol. The van der Waals surface area contributed by atoms with Crippen LogP contribution in [0.4, 0.5) is 4.79 Å². The Bertz CT molecular complexity index is 912. The number of imide groups is 1. The molecule has 2 rings (SSSR count). The maximum Gasteiger partial charge on any atom is 0.293 e. The highest BCUT2D eigenvalue weighted by atomic mass is 35.5. The lowest BCUT2D eigenvalue weighted by Crippen LogP contribution is -2.49. The zero-order valence-electron chi connectivity index (χ0n) is 17.0. The normalized spacial score (nSPS) is 16.7. The summed E-state index contributed by atoms with van der Waals surface area (Å²) in [6, 6.07) is 4.11. The van der Waals surface area contributed by atoms with Crippen LogP contribution in [0.5, 0.6) is 0 Å². The Labute approximate surface area is 189 Å². The van der Waals surface area contributed by atoms with E-state index in [1.54, 1.807) is 45.9 Å². The van der Waals surface area contributed by atoms with Crippen LogP contribution in [0.15, 0.2) is 23.1 Å². The van der Waals surface area contributed by atoms with Crippen molar-refractivity contribution in [3.05, 3.63) is 38.7 Å². The number of nitrogens with one attached hydrogen (secondary N) is 2. The molecule has 0 aliphatic carbocycles. The van der Waals surface area contributed by atoms with Crippen LogP contribution in [0.2, 0.25) is 10.0 Å². The van der Waals surface area contributed by atoms with E-state index in [1.807, 2.05) is 0 Å². The van der Waals surface area contributed by atoms with Gasteiger partial charge in [0.25, 0.3) is 11.1 Å². The Morgan fingerprint density at radius 2 is 1.90 bits per heavy atom. The summed E-state index contributed by atoms with van der Waals surface area (Å²) in [6.45, 7) is 6.90. The fourth-order valence-electron chi connectivity index (χ4n) is 2.38. The van der Waals surface area contributed by atoms with Crippen molar-refractivity contribution in [1.29, 1.82) is 0 Å². The quantitative estimate of drug-likeness (QED) is 0.616. The largest absolute Gasteiger partial charge is 0.353 e. The number of benzene rings is 1. The second-order valence-electron chi connectivity index (χ2n) is 7.74. The zero-order chi connectivity index (χ0) is 22.6. The summed E-state index contributed by atoms with van der Waals surface area (Å²) in [5.74, 6) is -1.11. The van der Waals surface area contributed by atoms with E-state index in [4.69, 9.17) is 23.2 Å². The minimum atomic E-state index is -0.737. The predicted octanol–water partition coefficient (Wildman–Crippen LogP) is 3.70. The number of hydrogen-bond acceptors (Lipinski definition) is 5. The lowest BCUT2D eigenvalue weighted by atomic mass is 9.95. The maximum absolute atomic E-state index is 12.5. The number of halogens is 2. The van der Waals surface area contributed by atoms with Crippen molar-refractivity contribution in [3.8, 4) is 0 Å². The van der Waals surface area contributed by atoms with E-state index in [9.17, 15) is 19.2 Å². The Balaban J connectivity index is 1.92. The number of amides is 4. The fraction of sp³-hybridized carbons (Fsp3) is 0.400. The molecule has 4 amide bonds. The van der Waals surface area contributed by atoms with E-state index in [1.165, 1.54) is 6.08 Å². The van der Waals surface area contributed by atoms with E-state index in [0.717, 1.165) is 16.7 Å². The third-order valence-electron chi connectivity index (χ3n) is 4.18. The summed E-state index contributed by atoms with van der Waals surface area (Å²) >= 11 is 12.8. The van der Waals surface area contributed by atoms with Crippen LogP contribution in [-0.4, -0.2) is 47.0 Å². The Morgan fingerprint density at radius 1 is 1.23 bits per heavy atom. The van der Waals surface area contributed by atoms with E-state index >= 15 is 0 Å². The SMILES string of the molecule is CC(NC(=O)C(C)(C)C)C(=O)NCCN1C(=O)S/C(=C\c2ccc(Cl)cc2Cl)C1=O. The Hall–Kier alpha value is -2.03. The Morgan fingerprint density at radius 3 is 2.50 bits per heavy atom. The summed E-state index contributed by atoms with van der Waals surface area (Å²) in [4.78, 5) is 50.1. The summed E-state index contributed by atoms with van der Waals surface area (Å²) in [7, 11) is 0. The van der Waals surface area contributed by atoms with Gasteiger partial charge in [0.1, 0.15) is 6.04 Å². The van der Waals surface area contributed by atoms with E-state index in [-0.39, 0.29) is 23.9 Å². The van der Waals surface area contributed by atoms with Crippen molar-refractivity contribution in [3.63, 3.8) is 0 Å². The third-order valence-corrected chi connectivity index (χ3v) is 5.65. The van der Waals surface area contributed by atoms with Gasteiger partial charge in [-0.25, -0.2) is 0 Å². The molecule has 1 aliphatic heterocycles. The average Bonchev–Trinajstić information content (AvgIpc) is 2.90. The molecule has 0 radical (unpaired) electrons. The molecule has 162 valence electrons. The minimum Gasteiger partial charge on any atom is -0.353 e. The maximum atomic E-state index is 12.5. The van der Waals surface area contributed by atoms with Crippen LogP contribution in [0.3, 0.4) is 0 Å². The average molecular weight is 472 g/mol. The highest BCUT2D eigenvalue weighted by Crippen LogP contribution is 2.33. The van der Waals surface area contributed by atoms with E-state index in [0.29, 0.717) is 15.6 Å². The first-order valence-electron chi connectivity index (χ1n) is 9.19. The zero-order valence-corrected chi connectivity index (χ0v) is 19.4. The molecule has 0 bridgehead atoms. The second kappa shape index (κ2) is 9.85. The highest BCUT2D eigenvalue weighted by molar-refractivity contribution is 8.18. The summed E-state index contributed by atoms with van der Waals surface area (Å²) in [6.07, 6.45) is 1.53. The minimum absolute atomic E-state index is 0.0159. The van der Waals surface area contributed by atoms with Crippen molar-refractivity contribution in [2.75, 3.05) is 13.1 Å². The molecule has 1 atom stereocenters. The third kappa shape index (κ3) is 6.23. The summed E-state index contributed by atoms with van der Waals surface area (Å²) in [5.41, 5.74) is -0.0427. The van der Waals surface area contributed by atoms with Crippen molar-refractivity contribution in [1.82, 2.24) is 15.5 Å². The second-order valence-corrected chi connectivity index (χ2v) is 9.57. The molecule has 10 heteroatoms. The number of carbonyl (C=O) groups excluding carboxylic acids is 4. The van der Waals surface area contributed by atoms with Crippen LogP contribution >= 0.6 is 35.0 Å². The molecule has 2 N–H and O–H groups in total. The van der Waals surface area contributed by atoms with Gasteiger partial charge in [-0.2, -0.15) is 0 Å². The first-order valence-corrected chi connectivity index (χ1v) is 10.8. The molecular formula is C20H23Cl2N3O4S. The lowest BCUT2D eigenvalue weighted by molar-refractivity contribution is -0.133. The van der Waals surface area contributed by atoms with Crippen molar-refractivity contribution < 1.29 is 19.2 Å². The van der Waals surface area contributed by atoms with E-state index in [2.05, 4.69) is 10.6 Å². The molecule has 0 saturated carbocycles. The molecule has 0 spiro atoms. The van der Waals surface area contributed by atoms with Crippen LogP contribution in [0, 0.1) is 5.41 Å². The van der Waals surface area contributed by atoms with Crippen molar-refractivity contribution in [2.45, 2.75) is 33.7 Å². The molecule has 0 aromatic heterocycles. The van der Waals surface area contributed by atoms with Gasteiger partial charge >= 0.3 is 0 Å². The number of carbonyl (C=O) groups is 4. The van der Waals surface area contributed by atoms with Crippen LogP contribution in [0.25, 0.3) is 6.08 Å². The molecule has 1 unspecified atom stereocenters. The van der Waals surface area contributed by atoms with Crippen LogP contribution in [-0.2, 0) is 14.4 Å². The van der Waals surface area contributed by atoms with Crippen LogP contribution in [0.1, 0.15) is 33.3 Å². The molecule has 1 saturated heterocycles. The van der Waals surface area contributed by atoms with Gasteiger partial charge in [-0.1, -0.05) is 50.0 Å². The molecule has 1 heterocycles. The van der Waals surface area contributed by atoms with Gasteiger partial charge in [-0.3, -0.25) is 24.1 Å². The van der Waals surface area contributed by atoms with E-state index < -0.39 is 28.5 Å². The molecule has 7 nitrogen and oxygen atoms in total. The Kier molecular flexibility index (Phi) is 7.96. The highest BCUT2D eigenvalue weighted by Gasteiger charge is 2.35. The first kappa shape index (κ1) is 24.2. The monoisotopic (exact) mass is 471 g/mol. The molecule has 1 aromatic rings. The molecule has 1 aliphatic rings. The standard InChI is InChI=1S/C20H23Cl2N3O4S/c1-11(24-18(28)20(2,3)4)16(26)23-7-8-25-17(27)15(30-19(25)29)9-12-5-6-13(21)10-14(12)22/h5-6,9-11H,7-8H2,1-4H3,(H,23,26)(H,24,28)/b15-9-. The number of thioether (sulfide) groups is 1. The van der Waals surface area contributed by atoms with Gasteiger partial charge < -0.3 is 10.6 Å². The predicted molar refractivity (Wildman–Crippen MR) is 119 cm³/mol. The van der Waals surface area contributed by atoms with Crippen LogP contribution < -0.4 is 10.6 Å². The number of rotatable bonds is 6. The summed E-state index contributed by atoms with van der Waals surface area (Å²) < 4.78 is 0. The van der Waals surface area contributed by atoms with Gasteiger partial charge in [-0.15, -0.1) is 0 Å². The fourth-order valence-corrected chi connectivity index (χ4v) is 3.69. The van der Waals surface area contributed by atoms with Gasteiger partial charge in [-0.05, 0) is 42.5 Å². The molecule has 1 aromatic carbocycles. The van der Waals surface area contributed by atoms with Gasteiger partial charge in [0.2, 0.25) is 11.8 Å². The topological polar surface area (TPSA) is 95.6 Å². The van der Waals surface area contributed by atoms with Gasteiger partial charge in [0, 0.05) is 28.5 Å². The number of hydrogen-bond donors (Lipinski definition) is 2. The molecule has 30 heavy (non-hydrogen) atoms. The summed E-state index contributed by atoms with van der Waals surface area (Å²) in [5, 5.41) is 5.65. The molecule has 1 fully saturated rings. The first-order chi connectivity index (χ1) is 13.9. The van der Waals surface area contributed by atoms with Crippen molar-refractivity contribution >= 4 is 64.0 Å². The number of nitrogens with zero attached hydrogens (tertiary/aromatic N) is 1. The van der Waals surface area contributed by atoms with Crippen molar-refractivity contribution in [2.24, 2.45) is 5.41 Å². The smallest absolute Gasteiger partial charge is 0.293 e.